The molecule has 0 aliphatic rings. The smallest absolute Gasteiger partial charge is 0.0462 e. The van der Waals surface area contributed by atoms with Gasteiger partial charge in [0, 0.05) is 17.1 Å². The van der Waals surface area contributed by atoms with E-state index in [0.717, 1.165) is 17.1 Å². The van der Waals surface area contributed by atoms with Crippen LogP contribution in [0.15, 0.2) is 126 Å². The van der Waals surface area contributed by atoms with Crippen molar-refractivity contribution in [2.45, 2.75) is 0 Å². The summed E-state index contributed by atoms with van der Waals surface area (Å²) in [6.07, 6.45) is 8.72. The van der Waals surface area contributed by atoms with Crippen LogP contribution in [0.5, 0.6) is 0 Å². The molecule has 0 aliphatic heterocycles. The van der Waals surface area contributed by atoms with Gasteiger partial charge in [-0.2, -0.15) is 11.3 Å². The third kappa shape index (κ3) is 5.25. The van der Waals surface area contributed by atoms with Crippen molar-refractivity contribution in [3.63, 3.8) is 0 Å². The summed E-state index contributed by atoms with van der Waals surface area (Å²) < 4.78 is 0. The summed E-state index contributed by atoms with van der Waals surface area (Å²) in [6, 6.07) is 40.3. The van der Waals surface area contributed by atoms with Crippen LogP contribution in [0.25, 0.3) is 24.3 Å². The molecule has 0 aliphatic carbocycles. The number of nitrogens with zero attached hydrogens (tertiary/aromatic N) is 1. The Morgan fingerprint density at radius 1 is 0.441 bits per heavy atom. The fourth-order valence-corrected chi connectivity index (χ4v) is 4.52. The van der Waals surface area contributed by atoms with Gasteiger partial charge >= 0.3 is 0 Å². The molecule has 0 atom stereocenters. The van der Waals surface area contributed by atoms with Crippen molar-refractivity contribution in [2.75, 3.05) is 4.90 Å². The van der Waals surface area contributed by atoms with Gasteiger partial charge in [-0.1, -0.05) is 97.1 Å². The molecular formula is C32H25NS. The molecule has 0 unspecified atom stereocenters. The molecule has 0 fully saturated rings. The van der Waals surface area contributed by atoms with Gasteiger partial charge in [-0.05, 0) is 75.5 Å². The molecule has 4 aromatic carbocycles. The highest BCUT2D eigenvalue weighted by atomic mass is 32.1. The molecule has 2 heteroatoms. The number of anilines is 3. The van der Waals surface area contributed by atoms with E-state index in [1.165, 1.54) is 22.3 Å². The highest BCUT2D eigenvalue weighted by Crippen LogP contribution is 2.34. The lowest BCUT2D eigenvalue weighted by atomic mass is 10.0. The van der Waals surface area contributed by atoms with Crippen molar-refractivity contribution < 1.29 is 0 Å². The molecule has 1 nitrogen and oxygen atoms in total. The van der Waals surface area contributed by atoms with Crippen LogP contribution in [0.2, 0.25) is 0 Å². The third-order valence-electron chi connectivity index (χ3n) is 5.63. The number of rotatable bonds is 7. The van der Waals surface area contributed by atoms with Crippen LogP contribution in [-0.4, -0.2) is 0 Å². The summed E-state index contributed by atoms with van der Waals surface area (Å²) in [5.41, 5.74) is 8.23. The van der Waals surface area contributed by atoms with Crippen LogP contribution in [0, 0.1) is 0 Å². The first kappa shape index (κ1) is 21.7. The van der Waals surface area contributed by atoms with E-state index < -0.39 is 0 Å². The molecule has 5 rings (SSSR count). The quantitative estimate of drug-likeness (QED) is 0.221. The van der Waals surface area contributed by atoms with Crippen molar-refractivity contribution >= 4 is 52.7 Å². The minimum Gasteiger partial charge on any atom is -0.311 e. The summed E-state index contributed by atoms with van der Waals surface area (Å²) in [4.78, 5) is 2.28. The van der Waals surface area contributed by atoms with Gasteiger partial charge in [0.15, 0.2) is 0 Å². The SMILES string of the molecule is C(=Cc1ccccc1C=Cc1ccsc1)c1ccc(N(c2ccccc2)c2ccccc2)cc1. The van der Waals surface area contributed by atoms with E-state index in [9.17, 15) is 0 Å². The molecule has 0 N–H and O–H groups in total. The third-order valence-corrected chi connectivity index (χ3v) is 6.33. The molecule has 1 aromatic heterocycles. The van der Waals surface area contributed by atoms with Crippen molar-refractivity contribution in [3.05, 3.63) is 148 Å². The van der Waals surface area contributed by atoms with Gasteiger partial charge in [0.2, 0.25) is 0 Å². The van der Waals surface area contributed by atoms with Gasteiger partial charge in [0.25, 0.3) is 0 Å². The van der Waals surface area contributed by atoms with Gasteiger partial charge in [-0.25, -0.2) is 0 Å². The average Bonchev–Trinajstić information content (AvgIpc) is 3.43. The largest absolute Gasteiger partial charge is 0.311 e. The highest BCUT2D eigenvalue weighted by Gasteiger charge is 2.11. The first-order chi connectivity index (χ1) is 16.9. The van der Waals surface area contributed by atoms with Crippen LogP contribution in [0.4, 0.5) is 17.1 Å². The molecule has 0 amide bonds. The van der Waals surface area contributed by atoms with Crippen LogP contribution >= 0.6 is 11.3 Å². The second kappa shape index (κ2) is 10.7. The first-order valence-electron chi connectivity index (χ1n) is 11.3. The van der Waals surface area contributed by atoms with Gasteiger partial charge in [0.1, 0.15) is 0 Å². The number of para-hydroxylation sites is 2. The maximum Gasteiger partial charge on any atom is 0.0462 e. The summed E-state index contributed by atoms with van der Waals surface area (Å²) >= 11 is 1.72. The van der Waals surface area contributed by atoms with E-state index in [1.807, 2.05) is 12.1 Å². The van der Waals surface area contributed by atoms with E-state index in [0.29, 0.717) is 0 Å². The second-order valence-electron chi connectivity index (χ2n) is 7.95. The number of thiophene rings is 1. The number of benzene rings is 4. The normalized spacial score (nSPS) is 11.3. The number of hydrogen-bond donors (Lipinski definition) is 0. The Hall–Kier alpha value is -4.14. The molecule has 0 spiro atoms. The van der Waals surface area contributed by atoms with Crippen molar-refractivity contribution in [3.8, 4) is 0 Å². The molecule has 164 valence electrons. The molecule has 5 aromatic rings. The molecular weight excluding hydrogens is 430 g/mol. The van der Waals surface area contributed by atoms with Crippen molar-refractivity contribution in [1.82, 2.24) is 0 Å². The number of hydrogen-bond acceptors (Lipinski definition) is 2. The molecule has 0 saturated carbocycles. The van der Waals surface area contributed by atoms with Crippen molar-refractivity contribution in [2.24, 2.45) is 0 Å². The minimum absolute atomic E-state index is 1.13. The van der Waals surface area contributed by atoms with Crippen LogP contribution in [-0.2, 0) is 0 Å². The molecule has 0 bridgehead atoms. The lowest BCUT2D eigenvalue weighted by molar-refractivity contribution is 1.28. The predicted octanol–water partition coefficient (Wildman–Crippen LogP) is 9.56. The minimum atomic E-state index is 1.13. The zero-order valence-electron chi connectivity index (χ0n) is 18.8. The average molecular weight is 456 g/mol. The van der Waals surface area contributed by atoms with Gasteiger partial charge in [-0.3, -0.25) is 0 Å². The second-order valence-corrected chi connectivity index (χ2v) is 8.73. The molecule has 1 heterocycles. The monoisotopic (exact) mass is 455 g/mol. The lowest BCUT2D eigenvalue weighted by Crippen LogP contribution is -2.09. The zero-order valence-corrected chi connectivity index (χ0v) is 19.6. The molecule has 34 heavy (non-hydrogen) atoms. The van der Waals surface area contributed by atoms with E-state index >= 15 is 0 Å². The van der Waals surface area contributed by atoms with Gasteiger partial charge in [-0.15, -0.1) is 0 Å². The fraction of sp³-hybridized carbons (Fsp3) is 0. The summed E-state index contributed by atoms with van der Waals surface area (Å²) in [7, 11) is 0. The zero-order chi connectivity index (χ0) is 23.0. The lowest BCUT2D eigenvalue weighted by Gasteiger charge is -2.25. The Bertz CT molecular complexity index is 1330. The Morgan fingerprint density at radius 2 is 0.941 bits per heavy atom. The van der Waals surface area contributed by atoms with E-state index in [1.54, 1.807) is 11.3 Å². The van der Waals surface area contributed by atoms with Gasteiger partial charge < -0.3 is 4.90 Å². The Morgan fingerprint density at radius 3 is 1.47 bits per heavy atom. The molecule has 0 saturated heterocycles. The van der Waals surface area contributed by atoms with E-state index in [4.69, 9.17) is 0 Å². The van der Waals surface area contributed by atoms with E-state index in [-0.39, 0.29) is 0 Å². The van der Waals surface area contributed by atoms with Gasteiger partial charge in [0.05, 0.1) is 0 Å². The topological polar surface area (TPSA) is 3.24 Å². The van der Waals surface area contributed by atoms with Crippen LogP contribution < -0.4 is 4.90 Å². The Balaban J connectivity index is 1.39. The highest BCUT2D eigenvalue weighted by molar-refractivity contribution is 7.08. The summed E-state index contributed by atoms with van der Waals surface area (Å²) in [5, 5.41) is 4.26. The summed E-state index contributed by atoms with van der Waals surface area (Å²) in [5.74, 6) is 0. The first-order valence-corrected chi connectivity index (χ1v) is 12.3. The maximum absolute atomic E-state index is 2.28. The fourth-order valence-electron chi connectivity index (χ4n) is 3.89. The predicted molar refractivity (Wildman–Crippen MR) is 150 cm³/mol. The standard InChI is InChI=1S/C32H25NS/c1-3-11-30(12-4-1)33(31-13-5-2-6-14-31)32-21-17-26(18-22-32)15-19-28-9-7-8-10-29(28)20-16-27-23-24-34-25-27/h1-25H. The van der Waals surface area contributed by atoms with Crippen molar-refractivity contribution in [1.29, 1.82) is 0 Å². The van der Waals surface area contributed by atoms with Crippen LogP contribution in [0.1, 0.15) is 22.3 Å². The van der Waals surface area contributed by atoms with Crippen LogP contribution in [0.3, 0.4) is 0 Å². The maximum atomic E-state index is 2.28. The Labute approximate surface area is 205 Å². The molecule has 0 radical (unpaired) electrons. The Kier molecular flexibility index (Phi) is 6.80. The summed E-state index contributed by atoms with van der Waals surface area (Å²) in [6.45, 7) is 0. The van der Waals surface area contributed by atoms with E-state index in [2.05, 4.69) is 143 Å².